The molecule has 2 aromatic carbocycles. The second kappa shape index (κ2) is 4.65. The zero-order valence-electron chi connectivity index (χ0n) is 9.70. The van der Waals surface area contributed by atoms with E-state index in [4.69, 9.17) is 11.0 Å². The molecule has 0 saturated carbocycles. The Morgan fingerprint density at radius 3 is 2.05 bits per heavy atom. The maximum Gasteiger partial charge on any atom is 0.418 e. The molecule has 19 heavy (non-hydrogen) atoms. The fourth-order valence-corrected chi connectivity index (χ4v) is 1.72. The van der Waals surface area contributed by atoms with Crippen molar-refractivity contribution in [2.75, 3.05) is 5.73 Å². The lowest BCUT2D eigenvalue weighted by molar-refractivity contribution is -0.136. The normalized spacial score (nSPS) is 11.1. The van der Waals surface area contributed by atoms with Gasteiger partial charge in [0.1, 0.15) is 0 Å². The molecular formula is C14H9F3N2. The fourth-order valence-electron chi connectivity index (χ4n) is 1.72. The minimum absolute atomic E-state index is 0.301. The van der Waals surface area contributed by atoms with Crippen molar-refractivity contribution < 1.29 is 13.2 Å². The number of benzene rings is 2. The first kappa shape index (κ1) is 13.0. The molecule has 5 heteroatoms. The monoisotopic (exact) mass is 262 g/mol. The molecule has 0 bridgehead atoms. The van der Waals surface area contributed by atoms with Gasteiger partial charge < -0.3 is 5.73 Å². The zero-order chi connectivity index (χ0) is 14.0. The highest BCUT2D eigenvalue weighted by molar-refractivity contribution is 5.68. The first-order valence-electron chi connectivity index (χ1n) is 5.39. The summed E-state index contributed by atoms with van der Waals surface area (Å²) in [6, 6.07) is 12.0. The van der Waals surface area contributed by atoms with Gasteiger partial charge in [-0.3, -0.25) is 0 Å². The summed E-state index contributed by atoms with van der Waals surface area (Å²) < 4.78 is 38.2. The summed E-state index contributed by atoms with van der Waals surface area (Å²) in [5.41, 5.74) is 5.65. The first-order valence-corrected chi connectivity index (χ1v) is 5.39. The number of hydrogen-bond donors (Lipinski definition) is 1. The highest BCUT2D eigenvalue weighted by Gasteiger charge is 2.33. The average Bonchev–Trinajstić information content (AvgIpc) is 2.38. The molecule has 0 saturated heterocycles. The van der Waals surface area contributed by atoms with Crippen LogP contribution in [0.4, 0.5) is 18.9 Å². The van der Waals surface area contributed by atoms with Gasteiger partial charge >= 0.3 is 6.18 Å². The molecule has 0 atom stereocenters. The van der Waals surface area contributed by atoms with Gasteiger partial charge in [0.05, 0.1) is 17.2 Å². The lowest BCUT2D eigenvalue weighted by Gasteiger charge is -2.12. The number of hydrogen-bond acceptors (Lipinski definition) is 2. The first-order chi connectivity index (χ1) is 8.91. The number of nitriles is 1. The van der Waals surface area contributed by atoms with Gasteiger partial charge in [-0.1, -0.05) is 18.2 Å². The lowest BCUT2D eigenvalue weighted by atomic mass is 10.0. The molecule has 2 nitrogen and oxygen atoms in total. The van der Waals surface area contributed by atoms with Crippen LogP contribution in [0, 0.1) is 11.3 Å². The number of halogens is 3. The molecule has 0 radical (unpaired) electrons. The molecule has 0 aliphatic rings. The molecule has 0 aliphatic carbocycles. The molecule has 2 aromatic rings. The van der Waals surface area contributed by atoms with Gasteiger partial charge in [-0.25, -0.2) is 0 Å². The van der Waals surface area contributed by atoms with Crippen molar-refractivity contribution in [1.82, 2.24) is 0 Å². The molecule has 0 aliphatic heterocycles. The summed E-state index contributed by atoms with van der Waals surface area (Å²) in [4.78, 5) is 0. The quantitative estimate of drug-likeness (QED) is 0.794. The third-order valence-corrected chi connectivity index (χ3v) is 2.71. The molecule has 0 unspecified atom stereocenters. The van der Waals surface area contributed by atoms with Gasteiger partial charge in [0.25, 0.3) is 0 Å². The van der Waals surface area contributed by atoms with Crippen molar-refractivity contribution in [2.24, 2.45) is 0 Å². The predicted octanol–water partition coefficient (Wildman–Crippen LogP) is 3.83. The molecular weight excluding hydrogens is 253 g/mol. The Morgan fingerprint density at radius 2 is 1.53 bits per heavy atom. The van der Waals surface area contributed by atoms with Gasteiger partial charge in [0.2, 0.25) is 0 Å². The van der Waals surface area contributed by atoms with Crippen LogP contribution in [0.25, 0.3) is 11.1 Å². The smallest absolute Gasteiger partial charge is 0.398 e. The van der Waals surface area contributed by atoms with Crippen LogP contribution in [0.2, 0.25) is 0 Å². The van der Waals surface area contributed by atoms with E-state index in [0.29, 0.717) is 16.7 Å². The van der Waals surface area contributed by atoms with Crippen molar-refractivity contribution in [1.29, 1.82) is 5.26 Å². The Morgan fingerprint density at radius 1 is 0.947 bits per heavy atom. The van der Waals surface area contributed by atoms with E-state index in [1.165, 1.54) is 12.1 Å². The number of anilines is 1. The van der Waals surface area contributed by atoms with Crippen molar-refractivity contribution in [3.63, 3.8) is 0 Å². The largest absolute Gasteiger partial charge is 0.418 e. The SMILES string of the molecule is N#Cc1ccc(-c2ccc(N)c(C(F)(F)F)c2)cc1. The van der Waals surface area contributed by atoms with Crippen LogP contribution in [0.5, 0.6) is 0 Å². The van der Waals surface area contributed by atoms with Crippen LogP contribution in [0.3, 0.4) is 0 Å². The van der Waals surface area contributed by atoms with Crippen LogP contribution in [-0.4, -0.2) is 0 Å². The standard InChI is InChI=1S/C14H9F3N2/c15-14(16,17)12-7-11(5-6-13(12)19)10-3-1-9(8-18)2-4-10/h1-7H,19H2. The minimum atomic E-state index is -4.48. The topological polar surface area (TPSA) is 49.8 Å². The molecule has 96 valence electrons. The maximum absolute atomic E-state index is 12.7. The molecule has 0 spiro atoms. The second-order valence-electron chi connectivity index (χ2n) is 3.99. The summed E-state index contributed by atoms with van der Waals surface area (Å²) in [5, 5.41) is 8.67. The van der Waals surface area contributed by atoms with Crippen molar-refractivity contribution in [3.8, 4) is 17.2 Å². The van der Waals surface area contributed by atoms with Crippen molar-refractivity contribution in [2.45, 2.75) is 6.18 Å². The molecule has 2 rings (SSSR count). The number of alkyl halides is 3. The second-order valence-corrected chi connectivity index (χ2v) is 3.99. The zero-order valence-corrected chi connectivity index (χ0v) is 9.70. The number of nitrogens with two attached hydrogens (primary N) is 1. The van der Waals surface area contributed by atoms with E-state index >= 15 is 0 Å². The van der Waals surface area contributed by atoms with Gasteiger partial charge in [0.15, 0.2) is 0 Å². The minimum Gasteiger partial charge on any atom is -0.398 e. The predicted molar refractivity (Wildman–Crippen MR) is 66.0 cm³/mol. The van der Waals surface area contributed by atoms with E-state index in [2.05, 4.69) is 0 Å². The maximum atomic E-state index is 12.7. The fraction of sp³-hybridized carbons (Fsp3) is 0.0714. The Kier molecular flexibility index (Phi) is 3.17. The molecule has 0 heterocycles. The highest BCUT2D eigenvalue weighted by atomic mass is 19.4. The van der Waals surface area contributed by atoms with Gasteiger partial charge in [0, 0.05) is 5.69 Å². The van der Waals surface area contributed by atoms with Crippen molar-refractivity contribution >= 4 is 5.69 Å². The summed E-state index contributed by atoms with van der Waals surface area (Å²) in [7, 11) is 0. The van der Waals surface area contributed by atoms with Crippen LogP contribution in [0.1, 0.15) is 11.1 Å². The molecule has 0 amide bonds. The average molecular weight is 262 g/mol. The van der Waals surface area contributed by atoms with E-state index in [0.717, 1.165) is 6.07 Å². The number of nitrogens with zero attached hydrogens (tertiary/aromatic N) is 1. The van der Waals surface area contributed by atoms with Crippen LogP contribution in [-0.2, 0) is 6.18 Å². The molecule has 0 fully saturated rings. The van der Waals surface area contributed by atoms with Crippen LogP contribution >= 0.6 is 0 Å². The Labute approximate surface area is 107 Å². The molecule has 2 N–H and O–H groups in total. The molecule has 0 aromatic heterocycles. The van der Waals surface area contributed by atoms with Crippen LogP contribution < -0.4 is 5.73 Å². The third kappa shape index (κ3) is 2.68. The Balaban J connectivity index is 2.49. The summed E-state index contributed by atoms with van der Waals surface area (Å²) in [6.07, 6.45) is -4.48. The van der Waals surface area contributed by atoms with E-state index in [9.17, 15) is 13.2 Å². The number of rotatable bonds is 1. The van der Waals surface area contributed by atoms with Gasteiger partial charge in [-0.2, -0.15) is 18.4 Å². The lowest BCUT2D eigenvalue weighted by Crippen LogP contribution is -2.08. The van der Waals surface area contributed by atoms with E-state index < -0.39 is 11.7 Å². The van der Waals surface area contributed by atoms with Gasteiger partial charge in [-0.05, 0) is 35.4 Å². The van der Waals surface area contributed by atoms with E-state index in [1.807, 2.05) is 6.07 Å². The summed E-state index contributed by atoms with van der Waals surface area (Å²) >= 11 is 0. The highest BCUT2D eigenvalue weighted by Crippen LogP contribution is 2.36. The van der Waals surface area contributed by atoms with E-state index in [1.54, 1.807) is 24.3 Å². The Hall–Kier alpha value is -2.48. The number of nitrogen functional groups attached to an aromatic ring is 1. The van der Waals surface area contributed by atoms with Gasteiger partial charge in [-0.15, -0.1) is 0 Å². The Bertz CT molecular complexity index is 637. The summed E-state index contributed by atoms with van der Waals surface area (Å²) in [5.74, 6) is 0. The van der Waals surface area contributed by atoms with Crippen LogP contribution in [0.15, 0.2) is 42.5 Å². The summed E-state index contributed by atoms with van der Waals surface area (Å²) in [6.45, 7) is 0. The third-order valence-electron chi connectivity index (χ3n) is 2.71. The van der Waals surface area contributed by atoms with E-state index in [-0.39, 0.29) is 5.69 Å². The van der Waals surface area contributed by atoms with Crippen molar-refractivity contribution in [3.05, 3.63) is 53.6 Å².